The van der Waals surface area contributed by atoms with Gasteiger partial charge < -0.3 is 11.1 Å². The molecule has 2 aliphatic rings. The highest BCUT2D eigenvalue weighted by Gasteiger charge is 2.31. The second-order valence-corrected chi connectivity index (χ2v) is 8.49. The molecule has 1 aromatic heterocycles. The monoisotopic (exact) mass is 337 g/mol. The molecular formula is C16H23N3OS2. The number of nitrogens with two attached hydrogens (primary N) is 1. The maximum absolute atomic E-state index is 12.4. The van der Waals surface area contributed by atoms with Gasteiger partial charge in [0.15, 0.2) is 5.17 Å². The highest BCUT2D eigenvalue weighted by Crippen LogP contribution is 2.38. The second-order valence-electron chi connectivity index (χ2n) is 6.29. The van der Waals surface area contributed by atoms with Crippen LogP contribution < -0.4 is 11.1 Å². The molecule has 22 heavy (non-hydrogen) atoms. The number of nitrogens with one attached hydrogen (secondary N) is 1. The van der Waals surface area contributed by atoms with Crippen molar-refractivity contribution in [3.63, 3.8) is 0 Å². The molecule has 1 unspecified atom stereocenters. The molecule has 0 spiro atoms. The Bertz CT molecular complexity index is 578. The van der Waals surface area contributed by atoms with Gasteiger partial charge in [0.2, 0.25) is 0 Å². The van der Waals surface area contributed by atoms with Gasteiger partial charge in [-0.2, -0.15) is 0 Å². The maximum atomic E-state index is 12.4. The van der Waals surface area contributed by atoms with Crippen molar-refractivity contribution in [2.24, 2.45) is 10.7 Å². The van der Waals surface area contributed by atoms with E-state index < -0.39 is 0 Å². The number of hydrogen-bond donors (Lipinski definition) is 2. The third-order valence-corrected chi connectivity index (χ3v) is 6.63. The first-order chi connectivity index (χ1) is 10.6. The number of hydrogen-bond acceptors (Lipinski definition) is 5. The number of rotatable bonds is 3. The second kappa shape index (κ2) is 6.62. The quantitative estimate of drug-likeness (QED) is 0.887. The van der Waals surface area contributed by atoms with Crippen molar-refractivity contribution in [1.29, 1.82) is 0 Å². The summed E-state index contributed by atoms with van der Waals surface area (Å²) in [5.41, 5.74) is 5.60. The highest BCUT2D eigenvalue weighted by molar-refractivity contribution is 8.13. The van der Waals surface area contributed by atoms with E-state index in [1.165, 1.54) is 19.3 Å². The summed E-state index contributed by atoms with van der Waals surface area (Å²) >= 11 is 3.16. The number of amides is 1. The molecule has 4 nitrogen and oxygen atoms in total. The van der Waals surface area contributed by atoms with Crippen LogP contribution >= 0.6 is 23.1 Å². The topological polar surface area (TPSA) is 67.5 Å². The largest absolute Gasteiger partial charge is 0.379 e. The Morgan fingerprint density at radius 3 is 2.86 bits per heavy atom. The summed E-state index contributed by atoms with van der Waals surface area (Å²) < 4.78 is 0. The number of aliphatic imine (C=N–C) groups is 1. The molecule has 3 N–H and O–H groups in total. The molecule has 1 atom stereocenters. The minimum Gasteiger partial charge on any atom is -0.379 e. The number of thioether (sulfide) groups is 1. The minimum atomic E-state index is -0.274. The van der Waals surface area contributed by atoms with Gasteiger partial charge in [-0.25, -0.2) is 0 Å². The van der Waals surface area contributed by atoms with Crippen LogP contribution in [0.15, 0.2) is 17.1 Å². The zero-order chi connectivity index (χ0) is 15.6. The van der Waals surface area contributed by atoms with Gasteiger partial charge in [-0.15, -0.1) is 11.3 Å². The standard InChI is InChI=1S/C16H23N3OS2/c1-16(9-10-21-15(17)19-16)13-8-7-12(22-13)14(20)18-11-5-3-2-4-6-11/h7-8,11H,2-6,9-10H2,1H3,(H2,17,19)(H,18,20). The first-order valence-electron chi connectivity index (χ1n) is 7.96. The van der Waals surface area contributed by atoms with E-state index in [2.05, 4.69) is 17.2 Å². The van der Waals surface area contributed by atoms with Gasteiger partial charge in [0, 0.05) is 16.7 Å². The fraction of sp³-hybridized carbons (Fsp3) is 0.625. The normalized spacial score (nSPS) is 26.5. The van der Waals surface area contributed by atoms with Crippen LogP contribution in [0.1, 0.15) is 60.0 Å². The van der Waals surface area contributed by atoms with Gasteiger partial charge in [-0.1, -0.05) is 31.0 Å². The maximum Gasteiger partial charge on any atom is 0.261 e. The average molecular weight is 338 g/mol. The van der Waals surface area contributed by atoms with E-state index >= 15 is 0 Å². The van der Waals surface area contributed by atoms with Gasteiger partial charge in [0.05, 0.1) is 10.4 Å². The Morgan fingerprint density at radius 1 is 1.36 bits per heavy atom. The predicted molar refractivity (Wildman–Crippen MR) is 94.7 cm³/mol. The van der Waals surface area contributed by atoms with Crippen molar-refractivity contribution >= 4 is 34.2 Å². The lowest BCUT2D eigenvalue weighted by atomic mass is 9.95. The van der Waals surface area contributed by atoms with Crippen LogP contribution in [-0.4, -0.2) is 22.9 Å². The summed E-state index contributed by atoms with van der Waals surface area (Å²) in [6, 6.07) is 4.31. The Morgan fingerprint density at radius 2 is 2.14 bits per heavy atom. The number of thiophene rings is 1. The van der Waals surface area contributed by atoms with Crippen molar-refractivity contribution in [2.45, 2.75) is 57.0 Å². The fourth-order valence-electron chi connectivity index (χ4n) is 3.12. The van der Waals surface area contributed by atoms with Crippen LogP contribution in [0.3, 0.4) is 0 Å². The van der Waals surface area contributed by atoms with Crippen LogP contribution in [0.4, 0.5) is 0 Å². The molecule has 1 aliphatic heterocycles. The third kappa shape index (κ3) is 3.49. The van der Waals surface area contributed by atoms with Gasteiger partial charge >= 0.3 is 0 Å². The van der Waals surface area contributed by atoms with E-state index in [4.69, 9.17) is 5.73 Å². The lowest BCUT2D eigenvalue weighted by Crippen LogP contribution is -2.35. The van der Waals surface area contributed by atoms with E-state index in [1.807, 2.05) is 12.1 Å². The Balaban J connectivity index is 1.70. The van der Waals surface area contributed by atoms with Crippen LogP contribution in [0.5, 0.6) is 0 Å². The summed E-state index contributed by atoms with van der Waals surface area (Å²) in [6.45, 7) is 2.11. The van der Waals surface area contributed by atoms with Crippen molar-refractivity contribution in [1.82, 2.24) is 5.32 Å². The molecule has 6 heteroatoms. The summed E-state index contributed by atoms with van der Waals surface area (Å²) in [5, 5.41) is 3.83. The van der Waals surface area contributed by atoms with E-state index in [0.29, 0.717) is 11.2 Å². The predicted octanol–water partition coefficient (Wildman–Crippen LogP) is 3.48. The molecular weight excluding hydrogens is 314 g/mol. The van der Waals surface area contributed by atoms with Gasteiger partial charge in [-0.3, -0.25) is 9.79 Å². The minimum absolute atomic E-state index is 0.0638. The number of amidine groups is 1. The zero-order valence-electron chi connectivity index (χ0n) is 12.9. The molecule has 1 aliphatic carbocycles. The molecule has 120 valence electrons. The summed E-state index contributed by atoms with van der Waals surface area (Å²) in [7, 11) is 0. The lowest BCUT2D eigenvalue weighted by molar-refractivity contribution is 0.0932. The fourth-order valence-corrected chi connectivity index (χ4v) is 5.12. The van der Waals surface area contributed by atoms with E-state index in [9.17, 15) is 4.79 Å². The van der Waals surface area contributed by atoms with E-state index in [1.54, 1.807) is 23.1 Å². The Kier molecular flexibility index (Phi) is 4.78. The lowest BCUT2D eigenvalue weighted by Gasteiger charge is -2.28. The van der Waals surface area contributed by atoms with E-state index in [-0.39, 0.29) is 11.4 Å². The SMILES string of the molecule is CC1(c2ccc(C(=O)NC3CCCCC3)s2)CCSC(N)=N1. The zero-order valence-corrected chi connectivity index (χ0v) is 14.6. The average Bonchev–Trinajstić information content (AvgIpc) is 2.99. The molecule has 2 heterocycles. The summed E-state index contributed by atoms with van der Waals surface area (Å²) in [6.07, 6.45) is 6.93. The van der Waals surface area contributed by atoms with Gasteiger partial charge in [0.25, 0.3) is 5.91 Å². The summed E-state index contributed by atoms with van der Waals surface area (Å²) in [5.74, 6) is 1.04. The number of carbonyl (C=O) groups is 1. The Hall–Kier alpha value is -1.01. The molecule has 1 fully saturated rings. The molecule has 0 radical (unpaired) electrons. The third-order valence-electron chi connectivity index (χ3n) is 4.50. The molecule has 1 amide bonds. The molecule has 0 saturated heterocycles. The van der Waals surface area contributed by atoms with Crippen LogP contribution in [0, 0.1) is 0 Å². The molecule has 1 aromatic rings. The first kappa shape index (κ1) is 15.9. The number of nitrogens with zero attached hydrogens (tertiary/aromatic N) is 1. The van der Waals surface area contributed by atoms with Crippen LogP contribution in [-0.2, 0) is 5.54 Å². The van der Waals surface area contributed by atoms with Gasteiger partial charge in [-0.05, 0) is 38.3 Å². The molecule has 0 bridgehead atoms. The first-order valence-corrected chi connectivity index (χ1v) is 9.76. The Labute approximate surface area is 140 Å². The smallest absolute Gasteiger partial charge is 0.261 e. The van der Waals surface area contributed by atoms with Crippen molar-refractivity contribution in [2.75, 3.05) is 5.75 Å². The van der Waals surface area contributed by atoms with Crippen molar-refractivity contribution < 1.29 is 4.79 Å². The highest BCUT2D eigenvalue weighted by atomic mass is 32.2. The van der Waals surface area contributed by atoms with Crippen LogP contribution in [0.25, 0.3) is 0 Å². The van der Waals surface area contributed by atoms with Crippen molar-refractivity contribution in [3.05, 3.63) is 21.9 Å². The molecule has 3 rings (SSSR count). The van der Waals surface area contributed by atoms with Crippen molar-refractivity contribution in [3.8, 4) is 0 Å². The summed E-state index contributed by atoms with van der Waals surface area (Å²) in [4.78, 5) is 18.9. The van der Waals surface area contributed by atoms with E-state index in [0.717, 1.165) is 34.8 Å². The molecule has 1 saturated carbocycles. The van der Waals surface area contributed by atoms with Crippen LogP contribution in [0.2, 0.25) is 0 Å². The molecule has 0 aromatic carbocycles. The number of carbonyl (C=O) groups excluding carboxylic acids is 1. The van der Waals surface area contributed by atoms with Gasteiger partial charge in [0.1, 0.15) is 0 Å².